The summed E-state index contributed by atoms with van der Waals surface area (Å²) < 4.78 is 0. The summed E-state index contributed by atoms with van der Waals surface area (Å²) in [4.78, 5) is 6.84. The van der Waals surface area contributed by atoms with Gasteiger partial charge in [-0.2, -0.15) is 0 Å². The Morgan fingerprint density at radius 1 is 0.969 bits per heavy atom. The van der Waals surface area contributed by atoms with E-state index in [1.807, 2.05) is 31.0 Å². The van der Waals surface area contributed by atoms with Crippen LogP contribution < -0.4 is 17.7 Å². The van der Waals surface area contributed by atoms with Gasteiger partial charge in [-0.1, -0.05) is 74.4 Å². The number of likely N-dealkylation sites (N-methyl/N-ethyl adjacent to an activating group) is 1. The number of nitrogens with two attached hydrogens (primary N) is 2. The molecule has 0 spiro atoms. The third-order valence-electron chi connectivity index (χ3n) is 5.08. The van der Waals surface area contributed by atoms with Gasteiger partial charge >= 0.3 is 28.2 Å². The summed E-state index contributed by atoms with van der Waals surface area (Å²) in [5.74, 6) is 0.409. The van der Waals surface area contributed by atoms with Crippen molar-refractivity contribution >= 4 is 53.5 Å². The fourth-order valence-electron chi connectivity index (χ4n) is 3.56. The average Bonchev–Trinajstić information content (AvgIpc) is 2.79. The van der Waals surface area contributed by atoms with E-state index in [1.165, 1.54) is 5.39 Å². The first kappa shape index (κ1) is 30.0. The molecule has 0 aliphatic carbocycles. The second-order valence-electron chi connectivity index (χ2n) is 6.80. The summed E-state index contributed by atoms with van der Waals surface area (Å²) in [6, 6.07) is 20.9. The van der Waals surface area contributed by atoms with Gasteiger partial charge in [-0.15, -0.1) is 0 Å². The number of amidine groups is 1. The zero-order chi connectivity index (χ0) is 20.8. The molecule has 0 aliphatic heterocycles. The standard InChI is InChI=1S/C23H23N4.2ClH.2H2N.Pt/c1-3-21(24)27(2)15-14-25-22-18-10-6-7-11-20(18)26-23-17-9-5-4-8-16(17)12-13-19(22)23;;;;;/h4-13H,3,14-15H2,1-2H3,(H,25,26);2*1H;2*1H2;/q-1;;;2*-1;+1/p-2. The molecular weight excluding hydrogens is 626 g/mol. The van der Waals surface area contributed by atoms with Crippen LogP contribution in [0, 0.1) is 0 Å². The van der Waals surface area contributed by atoms with Crippen molar-refractivity contribution in [2.45, 2.75) is 13.3 Å². The monoisotopic (exact) mass is 652 g/mol. The van der Waals surface area contributed by atoms with Crippen molar-refractivity contribution in [1.82, 2.24) is 9.88 Å². The van der Waals surface area contributed by atoms with E-state index in [4.69, 9.17) is 4.98 Å². The Morgan fingerprint density at radius 2 is 1.59 bits per heavy atom. The molecule has 0 saturated heterocycles. The number of benzene rings is 3. The molecule has 4 rings (SSSR count). The second kappa shape index (κ2) is 14.2. The van der Waals surface area contributed by atoms with Gasteiger partial charge in [0.05, 0.1) is 16.7 Å². The van der Waals surface area contributed by atoms with Gasteiger partial charge in [0.2, 0.25) is 0 Å². The van der Waals surface area contributed by atoms with Crippen LogP contribution in [0.5, 0.6) is 0 Å². The molecule has 9 heteroatoms. The van der Waals surface area contributed by atoms with Gasteiger partial charge in [-0.05, 0) is 24.4 Å². The van der Waals surface area contributed by atoms with E-state index in [0.29, 0.717) is 12.3 Å². The molecule has 0 atom stereocenters. The molecule has 0 amide bonds. The number of rotatable bonds is 5. The Hall–Kier alpha value is -1.95. The minimum absolute atomic E-state index is 0. The van der Waals surface area contributed by atoms with E-state index in [0.717, 1.165) is 46.0 Å². The molecular formula is C23H27Cl2N6Pt-4. The molecule has 0 fully saturated rings. The second-order valence-corrected chi connectivity index (χ2v) is 6.80. The van der Waals surface area contributed by atoms with Crippen LogP contribution in [0.15, 0.2) is 60.7 Å². The van der Waals surface area contributed by atoms with Crippen molar-refractivity contribution < 1.29 is 31.2 Å². The fraction of sp³-hybridized carbons (Fsp3) is 0.217. The molecule has 0 saturated carbocycles. The van der Waals surface area contributed by atoms with Crippen molar-refractivity contribution in [2.75, 3.05) is 25.5 Å². The van der Waals surface area contributed by atoms with Gasteiger partial charge in [0.25, 0.3) is 0 Å². The first-order valence-electron chi connectivity index (χ1n) is 9.51. The van der Waals surface area contributed by atoms with Crippen molar-refractivity contribution in [3.05, 3.63) is 78.4 Å². The zero-order valence-electron chi connectivity index (χ0n) is 18.0. The van der Waals surface area contributed by atoms with Crippen molar-refractivity contribution in [3.8, 4) is 0 Å². The molecule has 0 aliphatic rings. The molecule has 177 valence electrons. The predicted octanol–water partition coefficient (Wildman–Crippen LogP) is 4.39. The number of hydrogen-bond donors (Lipinski definition) is 1. The van der Waals surface area contributed by atoms with Crippen LogP contribution in [0.1, 0.15) is 13.3 Å². The largest absolute Gasteiger partial charge is 0.693 e. The molecule has 1 aromatic heterocycles. The number of hydrogen-bond acceptors (Lipinski definition) is 2. The average molecular weight is 653 g/mol. The molecule has 3 aromatic carbocycles. The molecule has 1 heterocycles. The summed E-state index contributed by atoms with van der Waals surface area (Å²) >= 11 is 1.61. The number of para-hydroxylation sites is 1. The SMILES string of the molecule is CCC(=[N-])N(C)CCNc1c2ccccc2nc2c1ccc1ccccc12.[Cl-].[Cl][Pt].[NH2-].[NH2-]. The molecule has 6 nitrogen and oxygen atoms in total. The third-order valence-corrected chi connectivity index (χ3v) is 5.08. The van der Waals surface area contributed by atoms with Crippen LogP contribution in [0.25, 0.3) is 50.3 Å². The van der Waals surface area contributed by atoms with E-state index < -0.39 is 0 Å². The van der Waals surface area contributed by atoms with Gasteiger partial charge in [0, 0.05) is 22.7 Å². The maximum atomic E-state index is 9.89. The normalized spacial score (nSPS) is 9.66. The van der Waals surface area contributed by atoms with E-state index >= 15 is 0 Å². The Kier molecular flexibility index (Phi) is 13.4. The number of nitrogens with one attached hydrogen (secondary N) is 1. The van der Waals surface area contributed by atoms with Gasteiger partial charge in [0.1, 0.15) is 0 Å². The number of nitrogens with zero attached hydrogens (tertiary/aromatic N) is 3. The third kappa shape index (κ3) is 6.31. The maximum absolute atomic E-state index is 9.89. The van der Waals surface area contributed by atoms with Gasteiger partial charge < -0.3 is 40.3 Å². The Morgan fingerprint density at radius 3 is 2.28 bits per heavy atom. The van der Waals surface area contributed by atoms with Gasteiger partial charge in [-0.3, -0.25) is 0 Å². The molecule has 0 radical (unpaired) electrons. The van der Waals surface area contributed by atoms with E-state index in [2.05, 4.69) is 63.3 Å². The fourth-order valence-corrected chi connectivity index (χ4v) is 3.56. The van der Waals surface area contributed by atoms with Gasteiger partial charge in [0.15, 0.2) is 0 Å². The van der Waals surface area contributed by atoms with Crippen molar-refractivity contribution in [2.24, 2.45) is 0 Å². The first-order valence-corrected chi connectivity index (χ1v) is 12.3. The summed E-state index contributed by atoms with van der Waals surface area (Å²) in [7, 11) is 6.52. The minimum atomic E-state index is 0. The number of aromatic nitrogens is 1. The number of halogens is 2. The molecule has 0 bridgehead atoms. The number of fused-ring (bicyclic) bond motifs is 4. The van der Waals surface area contributed by atoms with Crippen LogP contribution in [0.4, 0.5) is 5.69 Å². The quantitative estimate of drug-likeness (QED) is 0.149. The zero-order valence-corrected chi connectivity index (χ0v) is 21.7. The summed E-state index contributed by atoms with van der Waals surface area (Å²) in [6.07, 6.45) is 0.642. The minimum Gasteiger partial charge on any atom is -0.693 e. The Balaban J connectivity index is 0.00000187. The van der Waals surface area contributed by atoms with Crippen LogP contribution in [-0.2, 0) is 18.8 Å². The smallest absolute Gasteiger partial charge is 0.693 e. The van der Waals surface area contributed by atoms with Gasteiger partial charge in [-0.25, -0.2) is 4.98 Å². The maximum Gasteiger partial charge on any atom is -0.693 e. The Labute approximate surface area is 211 Å². The summed E-state index contributed by atoms with van der Waals surface area (Å²) in [5.41, 5.74) is 3.11. The van der Waals surface area contributed by atoms with E-state index in [9.17, 15) is 5.41 Å². The van der Waals surface area contributed by atoms with Crippen molar-refractivity contribution in [3.63, 3.8) is 0 Å². The predicted molar refractivity (Wildman–Crippen MR) is 133 cm³/mol. The topological polar surface area (TPSA) is 117 Å². The molecule has 0 unspecified atom stereocenters. The van der Waals surface area contributed by atoms with Crippen LogP contribution >= 0.6 is 9.42 Å². The summed E-state index contributed by atoms with van der Waals surface area (Å²) in [6.45, 7) is 3.41. The summed E-state index contributed by atoms with van der Waals surface area (Å²) in [5, 5.41) is 18.1. The number of pyridine rings is 1. The van der Waals surface area contributed by atoms with E-state index in [-0.39, 0.29) is 24.7 Å². The van der Waals surface area contributed by atoms with Crippen LogP contribution in [0.2, 0.25) is 0 Å². The Bertz CT molecular complexity index is 1160. The molecule has 5 N–H and O–H groups in total. The number of anilines is 1. The van der Waals surface area contributed by atoms with Crippen molar-refractivity contribution in [1.29, 1.82) is 0 Å². The first-order chi connectivity index (χ1) is 14.2. The van der Waals surface area contributed by atoms with Crippen LogP contribution in [0.3, 0.4) is 0 Å². The van der Waals surface area contributed by atoms with E-state index in [1.54, 1.807) is 18.8 Å². The molecule has 4 aromatic rings. The van der Waals surface area contributed by atoms with Crippen LogP contribution in [-0.4, -0.2) is 35.9 Å². The molecule has 32 heavy (non-hydrogen) atoms.